The summed E-state index contributed by atoms with van der Waals surface area (Å²) in [6.45, 7) is 15.6. The molecular weight excluding hydrogens is 604 g/mol. The summed E-state index contributed by atoms with van der Waals surface area (Å²) in [5, 5.41) is 0. The van der Waals surface area contributed by atoms with E-state index in [0.717, 1.165) is 32.6 Å². The predicted molar refractivity (Wildman–Crippen MR) is 183 cm³/mol. The zero-order valence-corrected chi connectivity index (χ0v) is 29.6. The molecule has 0 bridgehead atoms. The second kappa shape index (κ2) is 11.6. The number of allylic oxidation sites excluding steroid dienone is 4. The molecule has 0 atom stereocenters. The fourth-order valence-corrected chi connectivity index (χ4v) is 32.0. The van der Waals surface area contributed by atoms with Gasteiger partial charge in [-0.2, -0.15) is 0 Å². The van der Waals surface area contributed by atoms with Crippen molar-refractivity contribution in [1.82, 2.24) is 0 Å². The monoisotopic (exact) mass is 646 g/mol. The van der Waals surface area contributed by atoms with Gasteiger partial charge in [-0.25, -0.2) is 0 Å². The Hall–Kier alpha value is -2.94. The van der Waals surface area contributed by atoms with E-state index >= 15 is 0 Å². The summed E-state index contributed by atoms with van der Waals surface area (Å²) in [7, 11) is 0. The topological polar surface area (TPSA) is 6.48 Å². The first-order valence-corrected chi connectivity index (χ1v) is 26.8. The molecule has 214 valence electrons. The second-order valence-electron chi connectivity index (χ2n) is 11.9. The van der Waals surface area contributed by atoms with Crippen LogP contribution in [0.1, 0.15) is 48.9 Å². The summed E-state index contributed by atoms with van der Waals surface area (Å²) < 4.78 is 5.08. The Morgan fingerprint density at radius 1 is 0.643 bits per heavy atom. The molecule has 0 saturated heterocycles. The van der Waals surface area contributed by atoms with Crippen molar-refractivity contribution in [2.75, 3.05) is 36.0 Å². The maximum atomic E-state index is 2.57. The summed E-state index contributed by atoms with van der Waals surface area (Å²) in [5.41, 5.74) is 8.56. The minimum atomic E-state index is -4.44. The van der Waals surface area contributed by atoms with Crippen molar-refractivity contribution in [3.05, 3.63) is 130 Å². The molecule has 0 unspecified atom stereocenters. The summed E-state index contributed by atoms with van der Waals surface area (Å²) in [6, 6.07) is 38.0. The summed E-state index contributed by atoms with van der Waals surface area (Å²) in [5.74, 6) is 0. The molecule has 0 heterocycles. The van der Waals surface area contributed by atoms with E-state index in [4.69, 9.17) is 0 Å². The second-order valence-corrected chi connectivity index (χ2v) is 34.0. The Morgan fingerprint density at radius 2 is 1.10 bits per heavy atom. The molecule has 0 saturated carbocycles. The average Bonchev–Trinajstić information content (AvgIpc) is 3.71. The molecule has 4 heteroatoms. The Bertz CT molecular complexity index is 1610. The van der Waals surface area contributed by atoms with Gasteiger partial charge < -0.3 is 0 Å². The van der Waals surface area contributed by atoms with Crippen molar-refractivity contribution in [2.24, 2.45) is 0 Å². The quantitative estimate of drug-likeness (QED) is 0.168. The molecule has 0 fully saturated rings. The number of anilines is 2. The van der Waals surface area contributed by atoms with Gasteiger partial charge in [0.25, 0.3) is 0 Å². The van der Waals surface area contributed by atoms with Crippen LogP contribution in [0.5, 0.6) is 0 Å². The van der Waals surface area contributed by atoms with Gasteiger partial charge in [-0.1, -0.05) is 0 Å². The third kappa shape index (κ3) is 4.28. The maximum absolute atomic E-state index is 4.44. The first-order chi connectivity index (χ1) is 20.5. The van der Waals surface area contributed by atoms with E-state index < -0.39 is 17.4 Å². The Labute approximate surface area is 255 Å². The first-order valence-electron chi connectivity index (χ1n) is 15.8. The first kappa shape index (κ1) is 29.1. The van der Waals surface area contributed by atoms with Gasteiger partial charge in [-0.05, 0) is 0 Å². The molecule has 4 aromatic rings. The van der Waals surface area contributed by atoms with E-state index in [9.17, 15) is 0 Å². The van der Waals surface area contributed by atoms with Gasteiger partial charge >= 0.3 is 257 Å². The van der Waals surface area contributed by atoms with Crippen LogP contribution in [0, 0.1) is 0 Å². The van der Waals surface area contributed by atoms with Crippen LogP contribution in [-0.2, 0) is 17.4 Å². The third-order valence-corrected chi connectivity index (χ3v) is 37.5. The van der Waals surface area contributed by atoms with Crippen LogP contribution in [-0.4, -0.2) is 33.1 Å². The van der Waals surface area contributed by atoms with E-state index in [2.05, 4.69) is 160 Å². The molecule has 0 aliphatic heterocycles. The molecular formula is C38H44N2SiZr. The van der Waals surface area contributed by atoms with Gasteiger partial charge in [-0.15, -0.1) is 0 Å². The number of nitrogens with zero attached hydrogens (tertiary/aromatic N) is 2. The van der Waals surface area contributed by atoms with Gasteiger partial charge in [0.1, 0.15) is 0 Å². The molecule has 0 aromatic heterocycles. The van der Waals surface area contributed by atoms with Crippen LogP contribution >= 0.6 is 0 Å². The predicted octanol–water partition coefficient (Wildman–Crippen LogP) is 7.18. The van der Waals surface area contributed by atoms with Crippen LogP contribution < -0.4 is 16.3 Å². The zero-order valence-electron chi connectivity index (χ0n) is 25.7. The van der Waals surface area contributed by atoms with Gasteiger partial charge in [0.2, 0.25) is 0 Å². The number of fused-ring (bicyclic) bond motifs is 3. The number of hydrogen-bond acceptors (Lipinski definition) is 2. The molecule has 42 heavy (non-hydrogen) atoms. The Balaban J connectivity index is 1.78. The van der Waals surface area contributed by atoms with Crippen LogP contribution in [0.25, 0.3) is 11.1 Å². The van der Waals surface area contributed by atoms with E-state index in [1.807, 2.05) is 0 Å². The van der Waals surface area contributed by atoms with Crippen molar-refractivity contribution in [3.63, 3.8) is 0 Å². The van der Waals surface area contributed by atoms with Crippen molar-refractivity contribution >= 4 is 24.8 Å². The SMILES string of the molecule is CCN(CC)c1ccc2c(c1)[CH]([Zr](=[SiH2])([C]1=CC=CC1)([c]1ccccc1)[c]1ccccc1)c1cc(N(CC)CC)ccc1-2. The molecule has 0 amide bonds. The fourth-order valence-electron chi connectivity index (χ4n) is 8.06. The summed E-state index contributed by atoms with van der Waals surface area (Å²) in [4.78, 5) is 5.01. The number of rotatable bonds is 10. The van der Waals surface area contributed by atoms with E-state index in [-0.39, 0.29) is 0 Å². The van der Waals surface area contributed by atoms with E-state index in [1.165, 1.54) is 33.6 Å². The van der Waals surface area contributed by atoms with E-state index in [0.29, 0.717) is 3.63 Å². The standard InChI is InChI=1S/C21H27N2.2C6H5.C5H5.H2Si.Zr/c1-5-22(6-2)18-9-11-20-16(14-18)13-17-15-19(10-12-21(17)20)23(7-3)8-4;2*1-2-4-6-5-3-1;1-2-4-5-3-1;;/h9-15H,5-8H2,1-4H3;2*1-5H;1-3H,4H2;1H2;. The van der Waals surface area contributed by atoms with E-state index in [1.54, 1.807) is 9.82 Å². The van der Waals surface area contributed by atoms with Gasteiger partial charge in [0.15, 0.2) is 0 Å². The Kier molecular flexibility index (Phi) is 8.07. The molecule has 2 nitrogen and oxygen atoms in total. The van der Waals surface area contributed by atoms with Crippen LogP contribution in [0.15, 0.2) is 119 Å². The van der Waals surface area contributed by atoms with Crippen molar-refractivity contribution in [3.8, 4) is 11.1 Å². The van der Waals surface area contributed by atoms with Crippen LogP contribution in [0.3, 0.4) is 0 Å². The van der Waals surface area contributed by atoms with Crippen molar-refractivity contribution in [2.45, 2.75) is 37.7 Å². The molecule has 6 rings (SSSR count). The molecule has 2 aliphatic rings. The van der Waals surface area contributed by atoms with Crippen molar-refractivity contribution in [1.29, 1.82) is 0 Å². The summed E-state index contributed by atoms with van der Waals surface area (Å²) >= 11 is -4.44. The number of hydrogen-bond donors (Lipinski definition) is 0. The molecule has 0 spiro atoms. The molecule has 4 aromatic carbocycles. The van der Waals surface area contributed by atoms with Gasteiger partial charge in [0.05, 0.1) is 0 Å². The third-order valence-electron chi connectivity index (χ3n) is 10.2. The average molecular weight is 648 g/mol. The van der Waals surface area contributed by atoms with Gasteiger partial charge in [0, 0.05) is 0 Å². The van der Waals surface area contributed by atoms with Gasteiger partial charge in [-0.3, -0.25) is 0 Å². The van der Waals surface area contributed by atoms with Crippen molar-refractivity contribution < 1.29 is 17.4 Å². The summed E-state index contributed by atoms with van der Waals surface area (Å²) in [6.07, 6.45) is 8.24. The fraction of sp³-hybridized carbons (Fsp3) is 0.263. The van der Waals surface area contributed by atoms with Crippen LogP contribution in [0.4, 0.5) is 11.4 Å². The molecule has 0 radical (unpaired) electrons. The number of benzene rings is 4. The Morgan fingerprint density at radius 3 is 1.48 bits per heavy atom. The molecule has 2 aliphatic carbocycles. The normalized spacial score (nSPS) is 14.5. The molecule has 0 N–H and O–H groups in total. The van der Waals surface area contributed by atoms with Crippen LogP contribution in [0.2, 0.25) is 0 Å². The minimum absolute atomic E-state index is 0.303. The zero-order chi connectivity index (χ0) is 29.3.